The maximum Gasteiger partial charge on any atom is 0.207 e. The van der Waals surface area contributed by atoms with Crippen molar-refractivity contribution in [1.82, 2.24) is 0 Å². The van der Waals surface area contributed by atoms with Crippen LogP contribution in [0.1, 0.15) is 51.2 Å². The normalized spacial score (nSPS) is 12.4. The van der Waals surface area contributed by atoms with Gasteiger partial charge in [0.15, 0.2) is 11.5 Å². The van der Waals surface area contributed by atoms with Gasteiger partial charge >= 0.3 is 0 Å². The summed E-state index contributed by atoms with van der Waals surface area (Å²) in [5.74, 6) is 0.366. The Bertz CT molecular complexity index is 627. The number of ether oxygens (including phenoxy) is 2. The summed E-state index contributed by atoms with van der Waals surface area (Å²) in [4.78, 5) is 0. The van der Waals surface area contributed by atoms with Crippen molar-refractivity contribution >= 4 is 0 Å². The predicted octanol–water partition coefficient (Wildman–Crippen LogP) is 5.05. The first-order valence-electron chi connectivity index (χ1n) is 8.33. The van der Waals surface area contributed by atoms with E-state index in [0.29, 0.717) is 17.5 Å². The summed E-state index contributed by atoms with van der Waals surface area (Å²) in [6.07, 6.45) is 7.97. The minimum Gasteiger partial charge on any atom is -0.504 e. The number of benzene rings is 1. The summed E-state index contributed by atoms with van der Waals surface area (Å²) in [7, 11) is 2.88. The van der Waals surface area contributed by atoms with Crippen molar-refractivity contribution in [2.75, 3.05) is 14.2 Å². The number of rotatable bonds is 8. The van der Waals surface area contributed by atoms with E-state index >= 15 is 0 Å². The Morgan fingerprint density at radius 1 is 0.958 bits per heavy atom. The lowest BCUT2D eigenvalue weighted by Gasteiger charge is -2.17. The molecule has 2 N–H and O–H groups in total. The number of aromatic hydroxyl groups is 2. The molecule has 0 amide bonds. The SMILES string of the molecule is CC/C(C)=C\CC/C(C)=C/Cc1c(C)c(O)c(OC)c(OC)c1O. The summed E-state index contributed by atoms with van der Waals surface area (Å²) < 4.78 is 10.3. The van der Waals surface area contributed by atoms with Crippen molar-refractivity contribution in [2.24, 2.45) is 0 Å². The van der Waals surface area contributed by atoms with E-state index in [1.54, 1.807) is 6.92 Å². The first-order valence-corrected chi connectivity index (χ1v) is 8.33. The van der Waals surface area contributed by atoms with Gasteiger partial charge in [0.25, 0.3) is 0 Å². The highest BCUT2D eigenvalue weighted by atomic mass is 16.5. The number of hydrogen-bond donors (Lipinski definition) is 2. The maximum atomic E-state index is 10.4. The van der Waals surface area contributed by atoms with Gasteiger partial charge in [-0.3, -0.25) is 0 Å². The van der Waals surface area contributed by atoms with E-state index in [2.05, 4.69) is 32.9 Å². The monoisotopic (exact) mass is 334 g/mol. The zero-order valence-corrected chi connectivity index (χ0v) is 15.7. The molecule has 0 spiro atoms. The average Bonchev–Trinajstić information content (AvgIpc) is 2.57. The van der Waals surface area contributed by atoms with Crippen molar-refractivity contribution in [2.45, 2.75) is 53.4 Å². The lowest BCUT2D eigenvalue weighted by molar-refractivity contribution is 0.314. The third kappa shape index (κ3) is 4.70. The van der Waals surface area contributed by atoms with Crippen molar-refractivity contribution in [1.29, 1.82) is 0 Å². The number of methoxy groups -OCH3 is 2. The van der Waals surface area contributed by atoms with Crippen LogP contribution in [0.2, 0.25) is 0 Å². The van der Waals surface area contributed by atoms with Crippen LogP contribution >= 0.6 is 0 Å². The largest absolute Gasteiger partial charge is 0.504 e. The summed E-state index contributed by atoms with van der Waals surface area (Å²) in [6.45, 7) is 8.15. The summed E-state index contributed by atoms with van der Waals surface area (Å²) in [5.41, 5.74) is 3.92. The van der Waals surface area contributed by atoms with Crippen LogP contribution in [0, 0.1) is 6.92 Å². The van der Waals surface area contributed by atoms with E-state index in [-0.39, 0.29) is 23.0 Å². The standard InChI is InChI=1S/C20H30O4/c1-7-13(2)9-8-10-14(3)11-12-16-15(4)17(21)19(23-5)20(24-6)18(16)22/h9,11,21-22H,7-8,10,12H2,1-6H3/b13-9-,14-11+. The molecule has 1 aromatic rings. The van der Waals surface area contributed by atoms with Gasteiger partial charge in [0, 0.05) is 11.1 Å². The molecule has 4 nitrogen and oxygen atoms in total. The molecule has 0 radical (unpaired) electrons. The second kappa shape index (κ2) is 9.26. The fourth-order valence-corrected chi connectivity index (χ4v) is 2.54. The van der Waals surface area contributed by atoms with E-state index in [1.165, 1.54) is 25.4 Å². The molecule has 0 aliphatic heterocycles. The molecule has 4 heteroatoms. The van der Waals surface area contributed by atoms with Crippen molar-refractivity contribution in [3.05, 3.63) is 34.4 Å². The highest BCUT2D eigenvalue weighted by Gasteiger charge is 2.22. The Labute approximate surface area is 145 Å². The molecule has 0 aliphatic carbocycles. The van der Waals surface area contributed by atoms with Gasteiger partial charge in [0.05, 0.1) is 14.2 Å². The fraction of sp³-hybridized carbons (Fsp3) is 0.500. The Kier molecular flexibility index (Phi) is 7.69. The Balaban J connectivity index is 2.99. The molecule has 0 saturated carbocycles. The van der Waals surface area contributed by atoms with Crippen molar-refractivity contribution in [3.63, 3.8) is 0 Å². The zero-order valence-electron chi connectivity index (χ0n) is 15.7. The first kappa shape index (κ1) is 19.9. The second-order valence-electron chi connectivity index (χ2n) is 6.06. The molecule has 0 bridgehead atoms. The lowest BCUT2D eigenvalue weighted by Crippen LogP contribution is -1.98. The van der Waals surface area contributed by atoms with E-state index < -0.39 is 0 Å². The van der Waals surface area contributed by atoms with Gasteiger partial charge in [-0.25, -0.2) is 0 Å². The van der Waals surface area contributed by atoms with Gasteiger partial charge in [0.2, 0.25) is 11.5 Å². The highest BCUT2D eigenvalue weighted by molar-refractivity contribution is 5.66. The highest BCUT2D eigenvalue weighted by Crippen LogP contribution is 2.48. The van der Waals surface area contributed by atoms with E-state index in [9.17, 15) is 10.2 Å². The molecule has 0 atom stereocenters. The van der Waals surface area contributed by atoms with E-state index in [4.69, 9.17) is 9.47 Å². The molecular weight excluding hydrogens is 304 g/mol. The molecule has 0 unspecified atom stereocenters. The van der Waals surface area contributed by atoms with E-state index in [1.807, 2.05) is 0 Å². The lowest BCUT2D eigenvalue weighted by atomic mass is 9.99. The van der Waals surface area contributed by atoms with Gasteiger partial charge in [-0.05, 0) is 46.5 Å². The molecule has 1 rings (SSSR count). The van der Waals surface area contributed by atoms with Crippen LogP contribution < -0.4 is 9.47 Å². The Hall–Kier alpha value is -2.10. The number of hydrogen-bond acceptors (Lipinski definition) is 4. The van der Waals surface area contributed by atoms with Crippen LogP contribution in [0.4, 0.5) is 0 Å². The summed E-state index contributed by atoms with van der Waals surface area (Å²) >= 11 is 0. The minimum absolute atomic E-state index is 0.00899. The molecule has 0 heterocycles. The molecular formula is C20H30O4. The van der Waals surface area contributed by atoms with E-state index in [0.717, 1.165) is 19.3 Å². The topological polar surface area (TPSA) is 58.9 Å². The smallest absolute Gasteiger partial charge is 0.207 e. The molecule has 134 valence electrons. The fourth-order valence-electron chi connectivity index (χ4n) is 2.54. The third-order valence-electron chi connectivity index (χ3n) is 4.38. The third-order valence-corrected chi connectivity index (χ3v) is 4.38. The Morgan fingerprint density at radius 2 is 1.54 bits per heavy atom. The number of phenolic OH excluding ortho intramolecular Hbond substituents is 2. The van der Waals surface area contributed by atoms with Crippen molar-refractivity contribution in [3.8, 4) is 23.0 Å². The van der Waals surface area contributed by atoms with Gasteiger partial charge in [-0.15, -0.1) is 0 Å². The first-order chi connectivity index (χ1) is 11.4. The number of allylic oxidation sites excluding steroid dienone is 4. The van der Waals surface area contributed by atoms with Gasteiger partial charge < -0.3 is 19.7 Å². The molecule has 1 aromatic carbocycles. The van der Waals surface area contributed by atoms with Crippen LogP contribution in [-0.2, 0) is 6.42 Å². The number of phenols is 2. The van der Waals surface area contributed by atoms with Gasteiger partial charge in [-0.2, -0.15) is 0 Å². The quantitative estimate of drug-likeness (QED) is 0.516. The second-order valence-corrected chi connectivity index (χ2v) is 6.06. The molecule has 0 saturated heterocycles. The Morgan fingerprint density at radius 3 is 2.08 bits per heavy atom. The average molecular weight is 334 g/mol. The van der Waals surface area contributed by atoms with Crippen LogP contribution in [0.25, 0.3) is 0 Å². The maximum absolute atomic E-state index is 10.4. The summed E-state index contributed by atoms with van der Waals surface area (Å²) in [5, 5.41) is 20.7. The van der Waals surface area contributed by atoms with Crippen molar-refractivity contribution < 1.29 is 19.7 Å². The van der Waals surface area contributed by atoms with Gasteiger partial charge in [-0.1, -0.05) is 30.2 Å². The molecule has 0 fully saturated rings. The minimum atomic E-state index is 0.00899. The molecule has 0 aliphatic rings. The summed E-state index contributed by atoms with van der Waals surface area (Å²) in [6, 6.07) is 0. The van der Waals surface area contributed by atoms with Crippen LogP contribution in [0.5, 0.6) is 23.0 Å². The zero-order chi connectivity index (χ0) is 18.3. The van der Waals surface area contributed by atoms with Crippen LogP contribution in [0.3, 0.4) is 0 Å². The molecule has 24 heavy (non-hydrogen) atoms. The van der Waals surface area contributed by atoms with Crippen LogP contribution in [0.15, 0.2) is 23.3 Å². The predicted molar refractivity (Wildman–Crippen MR) is 98.4 cm³/mol. The molecule has 0 aromatic heterocycles. The van der Waals surface area contributed by atoms with Crippen LogP contribution in [-0.4, -0.2) is 24.4 Å². The van der Waals surface area contributed by atoms with Gasteiger partial charge in [0.1, 0.15) is 0 Å².